The zero-order valence-corrected chi connectivity index (χ0v) is 20.4. The predicted octanol–water partition coefficient (Wildman–Crippen LogP) is 3.78. The van der Waals surface area contributed by atoms with Crippen LogP contribution in [0.5, 0.6) is 5.75 Å². The lowest BCUT2D eigenvalue weighted by Crippen LogP contribution is -2.55. The van der Waals surface area contributed by atoms with Gasteiger partial charge < -0.3 is 15.4 Å². The fourth-order valence-corrected chi connectivity index (χ4v) is 5.86. The van der Waals surface area contributed by atoms with Crippen LogP contribution in [0.3, 0.4) is 0 Å². The molecule has 0 bridgehead atoms. The van der Waals surface area contributed by atoms with E-state index in [-0.39, 0.29) is 17.4 Å². The highest BCUT2D eigenvalue weighted by atomic mass is 19.1. The van der Waals surface area contributed by atoms with Crippen molar-refractivity contribution in [2.75, 3.05) is 17.2 Å². The summed E-state index contributed by atoms with van der Waals surface area (Å²) < 4.78 is 22.4. The van der Waals surface area contributed by atoms with Gasteiger partial charge in [-0.15, -0.1) is 5.10 Å². The Bertz CT molecular complexity index is 1270. The highest BCUT2D eigenvalue weighted by Gasteiger charge is 2.43. The second-order valence-electron chi connectivity index (χ2n) is 10.8. The van der Waals surface area contributed by atoms with Crippen molar-refractivity contribution in [1.82, 2.24) is 35.1 Å². The molecule has 3 aliphatic heterocycles. The number of fused-ring (bicyclic) bond motifs is 4. The summed E-state index contributed by atoms with van der Waals surface area (Å²) in [5.41, 5.74) is 0.859. The first-order valence-corrected chi connectivity index (χ1v) is 12.1. The fraction of sp³-hybridized carbons (Fsp3) is 0.542. The van der Waals surface area contributed by atoms with E-state index in [0.717, 1.165) is 19.4 Å². The summed E-state index contributed by atoms with van der Waals surface area (Å²) in [6, 6.07) is 6.27. The average molecular weight is 480 g/mol. The number of piperidine rings is 1. The van der Waals surface area contributed by atoms with Crippen molar-refractivity contribution in [2.45, 2.75) is 76.6 Å². The Balaban J connectivity index is 1.22. The van der Waals surface area contributed by atoms with E-state index in [4.69, 9.17) is 4.74 Å². The van der Waals surface area contributed by atoms with Gasteiger partial charge in [0.05, 0.1) is 6.20 Å². The minimum absolute atomic E-state index is 0.0799. The quantitative estimate of drug-likeness (QED) is 0.578. The van der Waals surface area contributed by atoms with Crippen LogP contribution in [0.15, 0.2) is 24.4 Å². The maximum atomic E-state index is 14.7. The van der Waals surface area contributed by atoms with Gasteiger partial charge in [-0.05, 0) is 88.5 Å². The lowest BCUT2D eigenvalue weighted by atomic mass is 9.84. The van der Waals surface area contributed by atoms with Crippen LogP contribution in [0.1, 0.15) is 59.2 Å². The third kappa shape index (κ3) is 3.87. The van der Waals surface area contributed by atoms with E-state index in [1.165, 1.54) is 19.0 Å². The maximum Gasteiger partial charge on any atom is 0.229 e. The molecule has 1 aromatic carbocycles. The number of halogens is 1. The molecule has 0 aliphatic carbocycles. The van der Waals surface area contributed by atoms with Gasteiger partial charge in [-0.1, -0.05) is 0 Å². The summed E-state index contributed by atoms with van der Waals surface area (Å²) >= 11 is 0. The van der Waals surface area contributed by atoms with E-state index in [1.807, 2.05) is 32.0 Å². The van der Waals surface area contributed by atoms with Crippen molar-refractivity contribution in [3.05, 3.63) is 36.0 Å². The smallest absolute Gasteiger partial charge is 0.229 e. The summed E-state index contributed by atoms with van der Waals surface area (Å²) in [7, 11) is 0. The molecule has 0 amide bonds. The normalized spacial score (nSPS) is 24.1. The lowest BCUT2D eigenvalue weighted by molar-refractivity contribution is 0.0500. The van der Waals surface area contributed by atoms with E-state index in [2.05, 4.69) is 54.9 Å². The Labute approximate surface area is 203 Å². The predicted molar refractivity (Wildman–Crippen MR) is 129 cm³/mol. The van der Waals surface area contributed by atoms with Crippen LogP contribution in [0, 0.1) is 5.82 Å². The maximum absolute atomic E-state index is 14.7. The first-order chi connectivity index (χ1) is 16.7. The number of rotatable bonds is 4. The highest BCUT2D eigenvalue weighted by molar-refractivity contribution is 5.63. The van der Waals surface area contributed by atoms with E-state index in [1.54, 1.807) is 4.68 Å². The van der Waals surface area contributed by atoms with Crippen LogP contribution in [0.2, 0.25) is 0 Å². The number of hydrogen-bond acceptors (Lipinski definition) is 9. The molecule has 11 heteroatoms. The van der Waals surface area contributed by atoms with Gasteiger partial charge in [0.2, 0.25) is 5.95 Å². The number of nitrogens with zero attached hydrogens (tertiary/aromatic N) is 7. The minimum atomic E-state index is -0.644. The Morgan fingerprint density at radius 3 is 2.91 bits per heavy atom. The van der Waals surface area contributed by atoms with Crippen LogP contribution in [-0.4, -0.2) is 59.2 Å². The summed E-state index contributed by atoms with van der Waals surface area (Å²) in [6.45, 7) is 9.54. The van der Waals surface area contributed by atoms with Crippen LogP contribution < -0.4 is 15.4 Å². The molecule has 0 unspecified atom stereocenters. The first kappa shape index (κ1) is 22.1. The van der Waals surface area contributed by atoms with Crippen LogP contribution in [0.25, 0.3) is 5.69 Å². The third-order valence-corrected chi connectivity index (χ3v) is 7.36. The average Bonchev–Trinajstić information content (AvgIpc) is 3.47. The zero-order chi connectivity index (χ0) is 24.4. The molecule has 35 heavy (non-hydrogen) atoms. The molecule has 0 saturated carbocycles. The summed E-state index contributed by atoms with van der Waals surface area (Å²) in [5.74, 6) is 1.36. The molecule has 5 heterocycles. The van der Waals surface area contributed by atoms with Crippen molar-refractivity contribution in [3.8, 4) is 11.4 Å². The molecular weight excluding hydrogens is 449 g/mol. The molecule has 2 N–H and O–H groups in total. The number of ether oxygens (including phenoxy) is 1. The molecule has 0 spiro atoms. The van der Waals surface area contributed by atoms with Crippen molar-refractivity contribution >= 4 is 17.5 Å². The largest absolute Gasteiger partial charge is 0.478 e. The molecule has 2 aromatic heterocycles. The Kier molecular flexibility index (Phi) is 4.96. The van der Waals surface area contributed by atoms with Crippen LogP contribution >= 0.6 is 0 Å². The number of tetrazole rings is 1. The van der Waals surface area contributed by atoms with Gasteiger partial charge >= 0.3 is 0 Å². The summed E-state index contributed by atoms with van der Waals surface area (Å²) in [4.78, 5) is 11.2. The molecule has 2 fully saturated rings. The van der Waals surface area contributed by atoms with E-state index < -0.39 is 11.4 Å². The van der Waals surface area contributed by atoms with Gasteiger partial charge in [-0.25, -0.2) is 9.37 Å². The van der Waals surface area contributed by atoms with Gasteiger partial charge in [0, 0.05) is 23.3 Å². The van der Waals surface area contributed by atoms with Gasteiger partial charge in [-0.3, -0.25) is 4.90 Å². The molecular formula is C24H30FN9O. The SMILES string of the molecule is CC1(C)Oc2ccc(Nc3ncc(F)c(N[C@H]4C[C@H]5CCCN5C(C)(C)C4)n3)cc2-n2nnnc21. The van der Waals surface area contributed by atoms with Gasteiger partial charge in [-0.2, -0.15) is 9.67 Å². The third-order valence-electron chi connectivity index (χ3n) is 7.36. The molecule has 3 aliphatic rings. The standard InChI is InChI=1S/C24H30FN9O/c1-23(2)12-15(10-16-6-5-9-33(16)23)27-20-17(25)13-26-22(29-20)28-14-7-8-19-18(11-14)34-21(30-31-32-34)24(3,4)35-19/h7-8,11,13,15-16H,5-6,9-10,12H2,1-4H3,(H2,26,27,28,29)/t15-,16+/m0/s1. The van der Waals surface area contributed by atoms with E-state index in [9.17, 15) is 4.39 Å². The Hall–Kier alpha value is -3.34. The molecule has 2 saturated heterocycles. The summed E-state index contributed by atoms with van der Waals surface area (Å²) in [5, 5.41) is 18.6. The van der Waals surface area contributed by atoms with Crippen LogP contribution in [0.4, 0.5) is 21.8 Å². The van der Waals surface area contributed by atoms with Crippen molar-refractivity contribution in [2.24, 2.45) is 0 Å². The number of aromatic nitrogens is 6. The Morgan fingerprint density at radius 2 is 2.06 bits per heavy atom. The van der Waals surface area contributed by atoms with Crippen molar-refractivity contribution in [1.29, 1.82) is 0 Å². The van der Waals surface area contributed by atoms with E-state index in [0.29, 0.717) is 34.9 Å². The zero-order valence-electron chi connectivity index (χ0n) is 20.4. The number of anilines is 3. The number of benzene rings is 1. The summed E-state index contributed by atoms with van der Waals surface area (Å²) in [6.07, 6.45) is 5.56. The lowest BCUT2D eigenvalue weighted by Gasteiger charge is -2.47. The molecule has 184 valence electrons. The molecule has 3 aromatic rings. The van der Waals surface area contributed by atoms with Crippen molar-refractivity contribution < 1.29 is 9.13 Å². The van der Waals surface area contributed by atoms with Gasteiger partial charge in [0.15, 0.2) is 23.1 Å². The van der Waals surface area contributed by atoms with Crippen molar-refractivity contribution in [3.63, 3.8) is 0 Å². The minimum Gasteiger partial charge on any atom is -0.478 e. The Morgan fingerprint density at radius 1 is 1.20 bits per heavy atom. The highest BCUT2D eigenvalue weighted by Crippen LogP contribution is 2.40. The fourth-order valence-electron chi connectivity index (χ4n) is 5.86. The topological polar surface area (TPSA) is 106 Å². The second-order valence-corrected chi connectivity index (χ2v) is 10.8. The van der Waals surface area contributed by atoms with Gasteiger partial charge in [0.1, 0.15) is 11.4 Å². The molecule has 2 atom stereocenters. The number of nitrogens with one attached hydrogen (secondary N) is 2. The van der Waals surface area contributed by atoms with Gasteiger partial charge in [0.25, 0.3) is 0 Å². The van der Waals surface area contributed by atoms with E-state index >= 15 is 0 Å². The molecule has 10 nitrogen and oxygen atoms in total. The molecule has 6 rings (SSSR count). The number of hydrogen-bond donors (Lipinski definition) is 2. The second kappa shape index (κ2) is 7.84. The molecule has 0 radical (unpaired) electrons. The van der Waals surface area contributed by atoms with Crippen LogP contribution in [-0.2, 0) is 5.60 Å². The first-order valence-electron chi connectivity index (χ1n) is 12.1. The monoisotopic (exact) mass is 479 g/mol.